The predicted octanol–water partition coefficient (Wildman–Crippen LogP) is 4.25. The molecule has 1 amide bonds. The van der Waals surface area contributed by atoms with Crippen molar-refractivity contribution in [1.82, 2.24) is 19.7 Å². The molecule has 0 saturated heterocycles. The third-order valence-corrected chi connectivity index (χ3v) is 6.39. The Morgan fingerprint density at radius 1 is 1.19 bits per heavy atom. The first-order valence-electron chi connectivity index (χ1n) is 10.6. The molecule has 1 atom stereocenters. The van der Waals surface area contributed by atoms with Gasteiger partial charge in [0.1, 0.15) is 29.8 Å². The molecule has 1 aliphatic carbocycles. The number of fused-ring (bicyclic) bond motifs is 2. The number of nitrogens with zero attached hydrogens (tertiary/aromatic N) is 5. The maximum Gasteiger partial charge on any atom is 0.245 e. The number of carbonyl (C=O) groups excluding carboxylic acids is 1. The molecule has 5 rings (SSSR count). The Balaban J connectivity index is 1.48. The van der Waals surface area contributed by atoms with Crippen LogP contribution in [0.25, 0.3) is 0 Å². The molecule has 1 aliphatic heterocycles. The van der Waals surface area contributed by atoms with E-state index in [2.05, 4.69) is 31.2 Å². The number of pyridine rings is 2. The van der Waals surface area contributed by atoms with E-state index in [4.69, 9.17) is 5.10 Å². The summed E-state index contributed by atoms with van der Waals surface area (Å²) >= 11 is 3.41. The van der Waals surface area contributed by atoms with Crippen molar-refractivity contribution in [3.63, 3.8) is 0 Å². The van der Waals surface area contributed by atoms with E-state index < -0.39 is 12.0 Å². The van der Waals surface area contributed by atoms with E-state index in [9.17, 15) is 14.3 Å². The highest BCUT2D eigenvalue weighted by Crippen LogP contribution is 2.42. The van der Waals surface area contributed by atoms with Crippen LogP contribution in [0.5, 0.6) is 0 Å². The maximum absolute atomic E-state index is 13.1. The molecule has 2 aliphatic rings. The van der Waals surface area contributed by atoms with Crippen molar-refractivity contribution >= 4 is 39.3 Å². The van der Waals surface area contributed by atoms with E-state index in [1.54, 1.807) is 21.8 Å². The molecule has 3 aromatic heterocycles. The lowest BCUT2D eigenvalue weighted by molar-refractivity contribution is -0.114. The summed E-state index contributed by atoms with van der Waals surface area (Å²) < 4.78 is 15.4. The SMILES string of the molecule is O=C(CN1c2ncc(Br)cc2C(O)n2nc(C3CCCCC3)cc21)Nc1ccc(F)cn1. The summed E-state index contributed by atoms with van der Waals surface area (Å²) in [6, 6.07) is 6.38. The molecule has 0 bridgehead atoms. The van der Waals surface area contributed by atoms with Crippen molar-refractivity contribution in [3.8, 4) is 0 Å². The largest absolute Gasteiger partial charge is 0.368 e. The monoisotopic (exact) mass is 500 g/mol. The number of aromatic nitrogens is 4. The summed E-state index contributed by atoms with van der Waals surface area (Å²) in [5.74, 6) is 0.886. The van der Waals surface area contributed by atoms with Crippen LogP contribution in [0.1, 0.15) is 55.5 Å². The number of carbonyl (C=O) groups is 1. The van der Waals surface area contributed by atoms with Gasteiger partial charge in [-0.15, -0.1) is 0 Å². The van der Waals surface area contributed by atoms with Gasteiger partial charge in [0.25, 0.3) is 0 Å². The van der Waals surface area contributed by atoms with Crippen LogP contribution >= 0.6 is 15.9 Å². The van der Waals surface area contributed by atoms with Gasteiger partial charge in [0.15, 0.2) is 6.23 Å². The first-order valence-corrected chi connectivity index (χ1v) is 11.4. The zero-order valence-electron chi connectivity index (χ0n) is 17.2. The minimum absolute atomic E-state index is 0.0663. The van der Waals surface area contributed by atoms with Crippen molar-refractivity contribution in [3.05, 3.63) is 58.2 Å². The van der Waals surface area contributed by atoms with Gasteiger partial charge in [-0.25, -0.2) is 19.0 Å². The Morgan fingerprint density at radius 3 is 2.75 bits per heavy atom. The predicted molar refractivity (Wildman–Crippen MR) is 120 cm³/mol. The molecule has 8 nitrogen and oxygen atoms in total. The molecule has 0 aromatic carbocycles. The number of nitrogens with one attached hydrogen (secondary N) is 1. The lowest BCUT2D eigenvalue weighted by Gasteiger charge is -2.32. The van der Waals surface area contributed by atoms with E-state index in [0.29, 0.717) is 23.1 Å². The van der Waals surface area contributed by atoms with Gasteiger partial charge in [0.05, 0.1) is 11.9 Å². The van der Waals surface area contributed by atoms with Crippen LogP contribution in [0.15, 0.2) is 41.1 Å². The third kappa shape index (κ3) is 4.00. The second-order valence-corrected chi connectivity index (χ2v) is 9.06. The number of amides is 1. The third-order valence-electron chi connectivity index (χ3n) is 5.96. The van der Waals surface area contributed by atoms with Crippen LogP contribution in [0, 0.1) is 5.82 Å². The molecular formula is C22H22BrFN6O2. The highest BCUT2D eigenvalue weighted by molar-refractivity contribution is 9.10. The summed E-state index contributed by atoms with van der Waals surface area (Å²) in [7, 11) is 0. The van der Waals surface area contributed by atoms with Gasteiger partial charge in [0.2, 0.25) is 5.91 Å². The normalized spacial score (nSPS) is 18.2. The van der Waals surface area contributed by atoms with E-state index in [-0.39, 0.29) is 18.3 Å². The Bertz CT molecular complexity index is 1150. The first kappa shape index (κ1) is 21.0. The molecule has 0 spiro atoms. The summed E-state index contributed by atoms with van der Waals surface area (Å²) in [5.41, 5.74) is 1.48. The summed E-state index contributed by atoms with van der Waals surface area (Å²) in [6.45, 7) is -0.0663. The van der Waals surface area contributed by atoms with Gasteiger partial charge in [-0.1, -0.05) is 19.3 Å². The van der Waals surface area contributed by atoms with Gasteiger partial charge < -0.3 is 15.3 Å². The minimum Gasteiger partial charge on any atom is -0.368 e. The lowest BCUT2D eigenvalue weighted by atomic mass is 9.87. The molecule has 1 saturated carbocycles. The van der Waals surface area contributed by atoms with Crippen molar-refractivity contribution in [2.75, 3.05) is 16.8 Å². The fourth-order valence-corrected chi connectivity index (χ4v) is 4.77. The molecule has 2 N–H and O–H groups in total. The van der Waals surface area contributed by atoms with Gasteiger partial charge in [-0.3, -0.25) is 4.79 Å². The molecule has 166 valence electrons. The van der Waals surface area contributed by atoms with E-state index in [1.807, 2.05) is 6.07 Å². The second-order valence-electron chi connectivity index (χ2n) is 8.14. The second kappa shape index (κ2) is 8.59. The average Bonchev–Trinajstić information content (AvgIpc) is 3.25. The van der Waals surface area contributed by atoms with E-state index in [1.165, 1.54) is 31.4 Å². The molecule has 1 fully saturated rings. The van der Waals surface area contributed by atoms with Gasteiger partial charge >= 0.3 is 0 Å². The van der Waals surface area contributed by atoms with Gasteiger partial charge in [-0.05, 0) is 47.0 Å². The zero-order valence-corrected chi connectivity index (χ0v) is 18.8. The molecule has 10 heteroatoms. The molecule has 32 heavy (non-hydrogen) atoms. The molecule has 4 heterocycles. The molecule has 3 aromatic rings. The Hall–Kier alpha value is -2.85. The van der Waals surface area contributed by atoms with Crippen molar-refractivity contribution in [2.45, 2.75) is 44.2 Å². The fraction of sp³-hybridized carbons (Fsp3) is 0.364. The quantitative estimate of drug-likeness (QED) is 0.555. The van der Waals surface area contributed by atoms with E-state index in [0.717, 1.165) is 29.2 Å². The molecule has 0 radical (unpaired) electrons. The highest BCUT2D eigenvalue weighted by atomic mass is 79.9. The summed E-state index contributed by atoms with van der Waals surface area (Å²) in [5, 5.41) is 18.4. The molecule has 1 unspecified atom stereocenters. The number of aliphatic hydroxyl groups excluding tert-OH is 1. The number of rotatable bonds is 4. The number of hydrogen-bond donors (Lipinski definition) is 2. The average molecular weight is 501 g/mol. The maximum atomic E-state index is 13.1. The first-order chi connectivity index (χ1) is 15.5. The Morgan fingerprint density at radius 2 is 2.00 bits per heavy atom. The smallest absolute Gasteiger partial charge is 0.245 e. The van der Waals surface area contributed by atoms with Gasteiger partial charge in [0, 0.05) is 28.2 Å². The number of hydrogen-bond acceptors (Lipinski definition) is 6. The van der Waals surface area contributed by atoms with E-state index >= 15 is 0 Å². The fourth-order valence-electron chi connectivity index (χ4n) is 4.42. The van der Waals surface area contributed by atoms with Crippen LogP contribution in [0.2, 0.25) is 0 Å². The van der Waals surface area contributed by atoms with Gasteiger partial charge in [-0.2, -0.15) is 5.10 Å². The zero-order chi connectivity index (χ0) is 22.2. The van der Waals surface area contributed by atoms with Crippen molar-refractivity contribution < 1.29 is 14.3 Å². The topological polar surface area (TPSA) is 96.2 Å². The van der Waals surface area contributed by atoms with Crippen LogP contribution in [-0.4, -0.2) is 37.3 Å². The van der Waals surface area contributed by atoms with Crippen LogP contribution < -0.4 is 10.2 Å². The summed E-state index contributed by atoms with van der Waals surface area (Å²) in [6.07, 6.45) is 7.39. The summed E-state index contributed by atoms with van der Waals surface area (Å²) in [4.78, 5) is 22.9. The Kier molecular flexibility index (Phi) is 5.64. The lowest BCUT2D eigenvalue weighted by Crippen LogP contribution is -2.36. The van der Waals surface area contributed by atoms with Crippen molar-refractivity contribution in [1.29, 1.82) is 0 Å². The minimum atomic E-state index is -1.000. The van der Waals surface area contributed by atoms with Crippen LogP contribution in [0.4, 0.5) is 21.8 Å². The van der Waals surface area contributed by atoms with Crippen molar-refractivity contribution in [2.24, 2.45) is 0 Å². The Labute approximate surface area is 192 Å². The number of anilines is 3. The standard InChI is InChI=1S/C22H22BrFN6O2/c23-14-8-16-21(26-10-14)29(12-19(31)27-18-7-6-15(24)11-25-18)20-9-17(28-30(20)22(16)32)13-4-2-1-3-5-13/h6-11,13,22,32H,1-5,12H2,(H,25,27,31). The molecular weight excluding hydrogens is 479 g/mol. The number of aliphatic hydroxyl groups is 1. The highest BCUT2D eigenvalue weighted by Gasteiger charge is 2.34. The van der Waals surface area contributed by atoms with Crippen LogP contribution in [-0.2, 0) is 4.79 Å². The number of halogens is 2. The van der Waals surface area contributed by atoms with Crippen LogP contribution in [0.3, 0.4) is 0 Å².